The van der Waals surface area contributed by atoms with Crippen molar-refractivity contribution in [1.82, 2.24) is 8.61 Å². The standard InChI is InChI=1S/C10H21BrN2O2S/c1-8(2)12(4)16(14,15)13-6-5-9(3)10(13)7-11/h8-10H,5-7H2,1-4H3. The van der Waals surface area contributed by atoms with Gasteiger partial charge in [0, 0.05) is 31.0 Å². The first-order chi connectivity index (χ1) is 7.32. The molecule has 0 aliphatic carbocycles. The summed E-state index contributed by atoms with van der Waals surface area (Å²) in [7, 11) is -1.65. The summed E-state index contributed by atoms with van der Waals surface area (Å²) in [6.45, 7) is 6.52. The fourth-order valence-electron chi connectivity index (χ4n) is 1.92. The first-order valence-electron chi connectivity index (χ1n) is 5.63. The van der Waals surface area contributed by atoms with Crippen molar-refractivity contribution in [3.8, 4) is 0 Å². The maximum Gasteiger partial charge on any atom is 0.282 e. The van der Waals surface area contributed by atoms with Crippen molar-refractivity contribution in [3.63, 3.8) is 0 Å². The number of halogens is 1. The molecule has 6 heteroatoms. The molecule has 0 aromatic heterocycles. The lowest BCUT2D eigenvalue weighted by Gasteiger charge is -2.31. The number of hydrogen-bond acceptors (Lipinski definition) is 2. The largest absolute Gasteiger partial charge is 0.282 e. The molecule has 1 saturated heterocycles. The van der Waals surface area contributed by atoms with Gasteiger partial charge < -0.3 is 0 Å². The molecule has 0 N–H and O–H groups in total. The molecule has 1 aliphatic heterocycles. The molecule has 1 rings (SSSR count). The van der Waals surface area contributed by atoms with Gasteiger partial charge in [0.1, 0.15) is 0 Å². The molecule has 16 heavy (non-hydrogen) atoms. The van der Waals surface area contributed by atoms with E-state index >= 15 is 0 Å². The van der Waals surface area contributed by atoms with Crippen LogP contribution in [0.25, 0.3) is 0 Å². The molecule has 0 amide bonds. The van der Waals surface area contributed by atoms with Crippen molar-refractivity contribution in [3.05, 3.63) is 0 Å². The lowest BCUT2D eigenvalue weighted by atomic mass is 10.1. The molecule has 0 radical (unpaired) electrons. The molecule has 1 fully saturated rings. The molecule has 1 heterocycles. The number of hydrogen-bond donors (Lipinski definition) is 0. The molecule has 2 atom stereocenters. The monoisotopic (exact) mass is 312 g/mol. The van der Waals surface area contributed by atoms with Crippen molar-refractivity contribution in [2.75, 3.05) is 18.9 Å². The normalized spacial score (nSPS) is 28.2. The second-order valence-corrected chi connectivity index (χ2v) is 7.30. The highest BCUT2D eigenvalue weighted by molar-refractivity contribution is 9.09. The van der Waals surface area contributed by atoms with Crippen molar-refractivity contribution in [2.24, 2.45) is 5.92 Å². The Morgan fingerprint density at radius 3 is 2.50 bits per heavy atom. The smallest absolute Gasteiger partial charge is 0.195 e. The SMILES string of the molecule is CC1CCN(S(=O)(=O)N(C)C(C)C)C1CBr. The Morgan fingerprint density at radius 1 is 1.50 bits per heavy atom. The van der Waals surface area contributed by atoms with Gasteiger partial charge in [-0.05, 0) is 26.2 Å². The summed E-state index contributed by atoms with van der Waals surface area (Å²) < 4.78 is 27.7. The van der Waals surface area contributed by atoms with Crippen LogP contribution in [0.4, 0.5) is 0 Å². The minimum absolute atomic E-state index is 0.00289. The predicted octanol–water partition coefficient (Wildman–Crippen LogP) is 1.68. The van der Waals surface area contributed by atoms with Crippen LogP contribution in [0, 0.1) is 5.92 Å². The van der Waals surface area contributed by atoms with E-state index < -0.39 is 10.2 Å². The average molecular weight is 313 g/mol. The van der Waals surface area contributed by atoms with Gasteiger partial charge in [-0.3, -0.25) is 0 Å². The second-order valence-electron chi connectivity index (χ2n) is 4.72. The van der Waals surface area contributed by atoms with Crippen LogP contribution in [0.1, 0.15) is 27.2 Å². The van der Waals surface area contributed by atoms with Gasteiger partial charge in [-0.2, -0.15) is 17.0 Å². The van der Waals surface area contributed by atoms with Crippen molar-refractivity contribution in [1.29, 1.82) is 0 Å². The van der Waals surface area contributed by atoms with Crippen LogP contribution >= 0.6 is 15.9 Å². The Morgan fingerprint density at radius 2 is 2.06 bits per heavy atom. The topological polar surface area (TPSA) is 40.6 Å². The molecule has 96 valence electrons. The summed E-state index contributed by atoms with van der Waals surface area (Å²) in [4.78, 5) is 0. The van der Waals surface area contributed by atoms with Gasteiger partial charge in [0.05, 0.1) is 0 Å². The molecule has 0 aromatic rings. The third-order valence-electron chi connectivity index (χ3n) is 3.38. The summed E-state index contributed by atoms with van der Waals surface area (Å²) in [6, 6.07) is 0.0862. The highest BCUT2D eigenvalue weighted by atomic mass is 79.9. The van der Waals surface area contributed by atoms with Gasteiger partial charge in [0.25, 0.3) is 10.2 Å². The Balaban J connectivity index is 2.92. The van der Waals surface area contributed by atoms with Crippen LogP contribution in [-0.4, -0.2) is 48.0 Å². The van der Waals surface area contributed by atoms with E-state index in [2.05, 4.69) is 22.9 Å². The maximum atomic E-state index is 12.3. The van der Waals surface area contributed by atoms with E-state index in [1.165, 1.54) is 4.31 Å². The summed E-state index contributed by atoms with van der Waals surface area (Å²) in [5, 5.41) is 0.708. The van der Waals surface area contributed by atoms with Crippen molar-refractivity contribution in [2.45, 2.75) is 39.3 Å². The predicted molar refractivity (Wildman–Crippen MR) is 69.9 cm³/mol. The average Bonchev–Trinajstić information content (AvgIpc) is 2.58. The van der Waals surface area contributed by atoms with E-state index in [1.807, 2.05) is 13.8 Å². The molecule has 0 aromatic carbocycles. The molecule has 0 saturated carbocycles. The number of nitrogens with zero attached hydrogens (tertiary/aromatic N) is 2. The molecule has 0 bridgehead atoms. The zero-order chi connectivity index (χ0) is 12.5. The second kappa shape index (κ2) is 5.33. The summed E-state index contributed by atoms with van der Waals surface area (Å²) in [6.07, 6.45) is 0.946. The minimum Gasteiger partial charge on any atom is -0.195 e. The number of rotatable bonds is 4. The van der Waals surface area contributed by atoms with Gasteiger partial charge >= 0.3 is 0 Å². The van der Waals surface area contributed by atoms with Crippen molar-refractivity contribution >= 4 is 26.1 Å². The van der Waals surface area contributed by atoms with Crippen LogP contribution in [0.15, 0.2) is 0 Å². The first-order valence-corrected chi connectivity index (χ1v) is 8.15. The third kappa shape index (κ3) is 2.60. The summed E-state index contributed by atoms with van der Waals surface area (Å²) in [5.74, 6) is 0.426. The van der Waals surface area contributed by atoms with E-state index in [9.17, 15) is 8.42 Å². The van der Waals surface area contributed by atoms with E-state index in [-0.39, 0.29) is 12.1 Å². The zero-order valence-electron chi connectivity index (χ0n) is 10.4. The van der Waals surface area contributed by atoms with Crippen LogP contribution in [0.5, 0.6) is 0 Å². The quantitative estimate of drug-likeness (QED) is 0.741. The van der Waals surface area contributed by atoms with Gasteiger partial charge in [-0.25, -0.2) is 0 Å². The van der Waals surface area contributed by atoms with Crippen LogP contribution in [0.2, 0.25) is 0 Å². The fraction of sp³-hybridized carbons (Fsp3) is 1.00. The van der Waals surface area contributed by atoms with E-state index in [1.54, 1.807) is 11.4 Å². The van der Waals surface area contributed by atoms with Gasteiger partial charge in [0.15, 0.2) is 0 Å². The van der Waals surface area contributed by atoms with E-state index in [0.29, 0.717) is 17.8 Å². The third-order valence-corrected chi connectivity index (χ3v) is 6.24. The zero-order valence-corrected chi connectivity index (χ0v) is 12.8. The molecule has 4 nitrogen and oxygen atoms in total. The summed E-state index contributed by atoms with van der Waals surface area (Å²) in [5.41, 5.74) is 0. The van der Waals surface area contributed by atoms with E-state index in [0.717, 1.165) is 6.42 Å². The summed E-state index contributed by atoms with van der Waals surface area (Å²) >= 11 is 3.41. The van der Waals surface area contributed by atoms with Gasteiger partial charge in [0.2, 0.25) is 0 Å². The van der Waals surface area contributed by atoms with Gasteiger partial charge in [-0.15, -0.1) is 0 Å². The Kier molecular flexibility index (Phi) is 4.80. The Labute approximate surface area is 107 Å². The molecular weight excluding hydrogens is 292 g/mol. The van der Waals surface area contributed by atoms with Crippen LogP contribution in [0.3, 0.4) is 0 Å². The lowest BCUT2D eigenvalue weighted by Crippen LogP contribution is -2.48. The molecule has 1 aliphatic rings. The molecule has 2 unspecified atom stereocenters. The van der Waals surface area contributed by atoms with Gasteiger partial charge in [-0.1, -0.05) is 22.9 Å². The lowest BCUT2D eigenvalue weighted by molar-refractivity contribution is 0.320. The number of alkyl halides is 1. The maximum absolute atomic E-state index is 12.3. The first kappa shape index (κ1) is 14.4. The van der Waals surface area contributed by atoms with Crippen molar-refractivity contribution < 1.29 is 8.42 Å². The van der Waals surface area contributed by atoms with Crippen LogP contribution in [-0.2, 0) is 10.2 Å². The van der Waals surface area contributed by atoms with Crippen LogP contribution < -0.4 is 0 Å². The fourth-order valence-corrected chi connectivity index (χ4v) is 4.92. The van der Waals surface area contributed by atoms with E-state index in [4.69, 9.17) is 0 Å². The molecule has 0 spiro atoms. The minimum atomic E-state index is -3.30. The Hall–Kier alpha value is 0.350. The highest BCUT2D eigenvalue weighted by Gasteiger charge is 2.40. The molecular formula is C10H21BrN2O2S. The Bertz CT molecular complexity index is 332. The highest BCUT2D eigenvalue weighted by Crippen LogP contribution is 2.29.